The lowest BCUT2D eigenvalue weighted by Crippen LogP contribution is -2.01. The largest absolute Gasteiger partial charge is 0.439 e. The van der Waals surface area contributed by atoms with Crippen molar-refractivity contribution >= 4 is 0 Å². The monoisotopic (exact) mass is 129 g/mol. The van der Waals surface area contributed by atoms with Crippen molar-refractivity contribution in [1.29, 1.82) is 0 Å². The molecule has 0 amide bonds. The smallest absolute Gasteiger partial charge is 0.277 e. The summed E-state index contributed by atoms with van der Waals surface area (Å²) in [5.74, 6) is 0. The van der Waals surface area contributed by atoms with Crippen molar-refractivity contribution in [3.8, 4) is 0 Å². The fourth-order valence-electron chi connectivity index (χ4n) is 0.644. The molecule has 0 unspecified atom stereocenters. The first-order valence-corrected chi connectivity index (χ1v) is 2.76. The van der Waals surface area contributed by atoms with Gasteiger partial charge in [0.05, 0.1) is 6.26 Å². The van der Waals surface area contributed by atoms with Crippen molar-refractivity contribution in [1.82, 2.24) is 0 Å². The van der Waals surface area contributed by atoms with Crippen LogP contribution in [0.15, 0.2) is 16.7 Å². The van der Waals surface area contributed by atoms with Crippen molar-refractivity contribution in [3.63, 3.8) is 0 Å². The molecule has 1 aromatic rings. The highest BCUT2D eigenvalue weighted by Crippen LogP contribution is 2.04. The van der Waals surface area contributed by atoms with Gasteiger partial charge in [0.2, 0.25) is 0 Å². The molecule has 0 aliphatic rings. The van der Waals surface area contributed by atoms with Crippen LogP contribution in [0.4, 0.5) is 4.39 Å². The number of furan rings is 1. The molecule has 1 rings (SSSR count). The summed E-state index contributed by atoms with van der Waals surface area (Å²) in [6.07, 6.45) is 2.05. The van der Waals surface area contributed by atoms with Crippen molar-refractivity contribution in [3.05, 3.63) is 23.9 Å². The SMILES string of the molecule is NCCc1coc(F)c1. The number of halogens is 1. The summed E-state index contributed by atoms with van der Waals surface area (Å²) in [6.45, 7) is 0.527. The third kappa shape index (κ3) is 1.54. The molecule has 0 aliphatic carbocycles. The fraction of sp³-hybridized carbons (Fsp3) is 0.333. The Labute approximate surface area is 52.5 Å². The van der Waals surface area contributed by atoms with Gasteiger partial charge in [-0.1, -0.05) is 0 Å². The molecule has 0 aromatic carbocycles. The second kappa shape index (κ2) is 2.64. The van der Waals surface area contributed by atoms with Crippen LogP contribution in [0.1, 0.15) is 5.56 Å². The Balaban J connectivity index is 2.61. The Morgan fingerprint density at radius 1 is 1.67 bits per heavy atom. The lowest BCUT2D eigenvalue weighted by Gasteiger charge is -1.84. The Morgan fingerprint density at radius 2 is 2.44 bits per heavy atom. The van der Waals surface area contributed by atoms with Crippen LogP contribution in [0.5, 0.6) is 0 Å². The van der Waals surface area contributed by atoms with Crippen LogP contribution in [-0.2, 0) is 6.42 Å². The summed E-state index contributed by atoms with van der Waals surface area (Å²) in [7, 11) is 0. The molecule has 0 atom stereocenters. The van der Waals surface area contributed by atoms with Gasteiger partial charge in [-0.05, 0) is 18.5 Å². The van der Waals surface area contributed by atoms with E-state index >= 15 is 0 Å². The van der Waals surface area contributed by atoms with Gasteiger partial charge >= 0.3 is 0 Å². The second-order valence-electron chi connectivity index (χ2n) is 1.80. The van der Waals surface area contributed by atoms with Gasteiger partial charge in [-0.2, -0.15) is 4.39 Å². The van der Waals surface area contributed by atoms with E-state index < -0.39 is 6.01 Å². The highest BCUT2D eigenvalue weighted by atomic mass is 19.1. The first-order chi connectivity index (χ1) is 4.33. The summed E-state index contributed by atoms with van der Waals surface area (Å²) < 4.78 is 16.4. The molecule has 2 N–H and O–H groups in total. The van der Waals surface area contributed by atoms with Gasteiger partial charge in [0, 0.05) is 6.07 Å². The average molecular weight is 129 g/mol. The molecule has 2 nitrogen and oxygen atoms in total. The van der Waals surface area contributed by atoms with E-state index in [0.717, 1.165) is 5.56 Å². The predicted molar refractivity (Wildman–Crippen MR) is 31.4 cm³/mol. The summed E-state index contributed by atoms with van der Waals surface area (Å²) >= 11 is 0. The van der Waals surface area contributed by atoms with Crippen LogP contribution in [-0.4, -0.2) is 6.54 Å². The second-order valence-corrected chi connectivity index (χ2v) is 1.80. The molecule has 9 heavy (non-hydrogen) atoms. The maximum Gasteiger partial charge on any atom is 0.277 e. The summed E-state index contributed by atoms with van der Waals surface area (Å²) in [4.78, 5) is 0. The minimum Gasteiger partial charge on any atom is -0.439 e. The molecule has 0 aliphatic heterocycles. The van der Waals surface area contributed by atoms with Gasteiger partial charge in [0.25, 0.3) is 6.01 Å². The minimum atomic E-state index is -0.543. The van der Waals surface area contributed by atoms with Gasteiger partial charge in [-0.15, -0.1) is 0 Å². The van der Waals surface area contributed by atoms with E-state index in [1.54, 1.807) is 0 Å². The summed E-state index contributed by atoms with van der Waals surface area (Å²) in [5, 5.41) is 0. The van der Waals surface area contributed by atoms with E-state index in [4.69, 9.17) is 5.73 Å². The molecular weight excluding hydrogens is 121 g/mol. The van der Waals surface area contributed by atoms with Gasteiger partial charge in [0.1, 0.15) is 0 Å². The zero-order valence-electron chi connectivity index (χ0n) is 4.93. The summed E-state index contributed by atoms with van der Waals surface area (Å²) in [6, 6.07) is 0.797. The number of nitrogens with two attached hydrogens (primary N) is 1. The van der Waals surface area contributed by atoms with Gasteiger partial charge < -0.3 is 10.2 Å². The van der Waals surface area contributed by atoms with Crippen molar-refractivity contribution < 1.29 is 8.81 Å². The van der Waals surface area contributed by atoms with E-state index in [2.05, 4.69) is 4.42 Å². The zero-order valence-corrected chi connectivity index (χ0v) is 4.93. The minimum absolute atomic E-state index is 0.527. The third-order valence-electron chi connectivity index (χ3n) is 1.05. The first-order valence-electron chi connectivity index (χ1n) is 2.76. The van der Waals surface area contributed by atoms with E-state index in [9.17, 15) is 4.39 Å². The molecular formula is C6H8FNO. The molecule has 0 saturated carbocycles. The topological polar surface area (TPSA) is 39.2 Å². The Kier molecular flexibility index (Phi) is 1.85. The highest BCUT2D eigenvalue weighted by molar-refractivity contribution is 5.06. The number of hydrogen-bond donors (Lipinski definition) is 1. The molecule has 50 valence electrons. The molecule has 0 radical (unpaired) electrons. The molecule has 0 spiro atoms. The van der Waals surface area contributed by atoms with Crippen LogP contribution in [0.2, 0.25) is 0 Å². The highest BCUT2D eigenvalue weighted by Gasteiger charge is 1.96. The van der Waals surface area contributed by atoms with E-state index in [1.807, 2.05) is 0 Å². The van der Waals surface area contributed by atoms with Crippen molar-refractivity contribution in [2.75, 3.05) is 6.54 Å². The maximum absolute atomic E-state index is 12.0. The van der Waals surface area contributed by atoms with Crippen LogP contribution in [0.3, 0.4) is 0 Å². The van der Waals surface area contributed by atoms with Gasteiger partial charge in [0.15, 0.2) is 0 Å². The number of rotatable bonds is 2. The predicted octanol–water partition coefficient (Wildman–Crippen LogP) is 0.920. The zero-order chi connectivity index (χ0) is 6.69. The average Bonchev–Trinajstić information content (AvgIpc) is 2.17. The van der Waals surface area contributed by atoms with E-state index in [0.29, 0.717) is 13.0 Å². The Morgan fingerprint density at radius 3 is 2.89 bits per heavy atom. The maximum atomic E-state index is 12.0. The Hall–Kier alpha value is -0.830. The molecule has 1 aromatic heterocycles. The lowest BCUT2D eigenvalue weighted by molar-refractivity contribution is 0.358. The third-order valence-corrected chi connectivity index (χ3v) is 1.05. The van der Waals surface area contributed by atoms with Crippen LogP contribution in [0, 0.1) is 6.01 Å². The summed E-state index contributed by atoms with van der Waals surface area (Å²) in [5.41, 5.74) is 6.02. The fourth-order valence-corrected chi connectivity index (χ4v) is 0.644. The number of hydrogen-bond acceptors (Lipinski definition) is 2. The van der Waals surface area contributed by atoms with E-state index in [-0.39, 0.29) is 0 Å². The quantitative estimate of drug-likeness (QED) is 0.644. The molecule has 0 saturated heterocycles. The standard InChI is InChI=1S/C6H8FNO/c7-6-3-5(1-2-8)4-9-6/h3-4H,1-2,8H2. The molecule has 0 fully saturated rings. The van der Waals surface area contributed by atoms with Crippen LogP contribution >= 0.6 is 0 Å². The van der Waals surface area contributed by atoms with Crippen LogP contribution in [0.25, 0.3) is 0 Å². The first kappa shape index (κ1) is 6.29. The normalized spacial score (nSPS) is 10.0. The Bertz CT molecular complexity index is 185. The lowest BCUT2D eigenvalue weighted by atomic mass is 10.2. The molecule has 1 heterocycles. The van der Waals surface area contributed by atoms with Crippen LogP contribution < -0.4 is 5.73 Å². The van der Waals surface area contributed by atoms with Crippen molar-refractivity contribution in [2.45, 2.75) is 6.42 Å². The van der Waals surface area contributed by atoms with Crippen molar-refractivity contribution in [2.24, 2.45) is 5.73 Å². The van der Waals surface area contributed by atoms with Gasteiger partial charge in [-0.3, -0.25) is 0 Å². The molecule has 0 bridgehead atoms. The molecule has 3 heteroatoms. The van der Waals surface area contributed by atoms with E-state index in [1.165, 1.54) is 12.3 Å². The van der Waals surface area contributed by atoms with Gasteiger partial charge in [-0.25, -0.2) is 0 Å².